The number of carbonyl (C=O) groups is 1. The van der Waals surface area contributed by atoms with Gasteiger partial charge in [0.25, 0.3) is 15.9 Å². The van der Waals surface area contributed by atoms with Crippen LogP contribution in [-0.4, -0.2) is 28.5 Å². The smallest absolute Gasteiger partial charge is 0.265 e. The van der Waals surface area contributed by atoms with Gasteiger partial charge in [0.05, 0.1) is 22.6 Å². The van der Waals surface area contributed by atoms with Gasteiger partial charge in [-0.15, -0.1) is 11.3 Å². The summed E-state index contributed by atoms with van der Waals surface area (Å²) in [5.41, 5.74) is 4.06. The van der Waals surface area contributed by atoms with Gasteiger partial charge in [0, 0.05) is 17.4 Å². The Kier molecular flexibility index (Phi) is 6.38. The fraction of sp³-hybridized carbons (Fsp3) is 0.192. The minimum atomic E-state index is -3.77. The van der Waals surface area contributed by atoms with Crippen molar-refractivity contribution >= 4 is 48.7 Å². The van der Waals surface area contributed by atoms with E-state index < -0.39 is 10.0 Å². The quantitative estimate of drug-likeness (QED) is 0.361. The lowest BCUT2D eigenvalue weighted by Crippen LogP contribution is -2.26. The molecule has 0 unspecified atom stereocenters. The summed E-state index contributed by atoms with van der Waals surface area (Å²) >= 11 is 1.37. The number of benzene rings is 3. The van der Waals surface area contributed by atoms with E-state index in [1.165, 1.54) is 28.8 Å². The topological polar surface area (TPSA) is 75.7 Å². The number of sulfonamides is 1. The Labute approximate surface area is 203 Å². The maximum absolute atomic E-state index is 13.2. The zero-order valence-electron chi connectivity index (χ0n) is 19.7. The van der Waals surface area contributed by atoms with E-state index in [-0.39, 0.29) is 10.8 Å². The summed E-state index contributed by atoms with van der Waals surface area (Å²) in [6.07, 6.45) is 0. The van der Waals surface area contributed by atoms with Crippen LogP contribution in [0, 0.1) is 20.8 Å². The molecule has 8 heteroatoms. The van der Waals surface area contributed by atoms with Gasteiger partial charge in [-0.3, -0.25) is 9.10 Å². The Morgan fingerprint density at radius 2 is 1.65 bits per heavy atom. The molecule has 3 aromatic carbocycles. The van der Waals surface area contributed by atoms with E-state index in [9.17, 15) is 13.2 Å². The fourth-order valence-corrected chi connectivity index (χ4v) is 6.04. The molecule has 6 nitrogen and oxygen atoms in total. The van der Waals surface area contributed by atoms with Crippen LogP contribution >= 0.6 is 11.3 Å². The van der Waals surface area contributed by atoms with E-state index in [0.717, 1.165) is 32.5 Å². The number of ether oxygens (including phenoxy) is 1. The molecule has 0 saturated carbocycles. The van der Waals surface area contributed by atoms with Gasteiger partial charge >= 0.3 is 0 Å². The van der Waals surface area contributed by atoms with Gasteiger partial charge in [-0.25, -0.2) is 8.42 Å². The molecule has 1 heterocycles. The molecule has 0 aliphatic rings. The number of carbonyl (C=O) groups excluding carboxylic acids is 1. The molecule has 0 aliphatic heterocycles. The van der Waals surface area contributed by atoms with Gasteiger partial charge in [-0.1, -0.05) is 18.2 Å². The highest BCUT2D eigenvalue weighted by Gasteiger charge is 2.23. The first-order chi connectivity index (χ1) is 16.1. The van der Waals surface area contributed by atoms with Crippen molar-refractivity contribution in [2.75, 3.05) is 23.8 Å². The summed E-state index contributed by atoms with van der Waals surface area (Å²) in [6.45, 7) is 5.72. The molecule has 1 amide bonds. The number of amides is 1. The second kappa shape index (κ2) is 9.12. The van der Waals surface area contributed by atoms with Crippen molar-refractivity contribution in [2.45, 2.75) is 25.7 Å². The monoisotopic (exact) mass is 494 g/mol. The number of thiophene rings is 1. The van der Waals surface area contributed by atoms with Crippen LogP contribution in [0.5, 0.6) is 5.75 Å². The van der Waals surface area contributed by atoms with Crippen molar-refractivity contribution in [3.8, 4) is 5.75 Å². The third-order valence-corrected chi connectivity index (χ3v) is 8.73. The first-order valence-electron chi connectivity index (χ1n) is 10.7. The highest BCUT2D eigenvalue weighted by Crippen LogP contribution is 2.32. The van der Waals surface area contributed by atoms with Crippen molar-refractivity contribution in [1.29, 1.82) is 0 Å². The summed E-state index contributed by atoms with van der Waals surface area (Å²) in [6, 6.07) is 17.8. The zero-order chi connectivity index (χ0) is 24.6. The second-order valence-corrected chi connectivity index (χ2v) is 11.2. The van der Waals surface area contributed by atoms with Crippen LogP contribution in [0.25, 0.3) is 10.1 Å². The van der Waals surface area contributed by atoms with Gasteiger partial charge in [-0.2, -0.15) is 0 Å². The average molecular weight is 495 g/mol. The van der Waals surface area contributed by atoms with Gasteiger partial charge in [-0.05, 0) is 85.3 Å². The fourth-order valence-electron chi connectivity index (χ4n) is 3.83. The van der Waals surface area contributed by atoms with Gasteiger partial charge in [0.1, 0.15) is 5.75 Å². The summed E-state index contributed by atoms with van der Waals surface area (Å²) in [7, 11) is -0.690. The summed E-state index contributed by atoms with van der Waals surface area (Å²) in [5.74, 6) is 0.447. The molecular formula is C26H26N2O4S2. The number of nitrogens with zero attached hydrogens (tertiary/aromatic N) is 1. The van der Waals surface area contributed by atoms with E-state index in [2.05, 4.69) is 5.32 Å². The number of hydrogen-bond donors (Lipinski definition) is 1. The first-order valence-corrected chi connectivity index (χ1v) is 12.9. The lowest BCUT2D eigenvalue weighted by Gasteiger charge is -2.20. The van der Waals surface area contributed by atoms with E-state index in [4.69, 9.17) is 4.74 Å². The molecule has 34 heavy (non-hydrogen) atoms. The van der Waals surface area contributed by atoms with Crippen LogP contribution in [0.1, 0.15) is 26.4 Å². The van der Waals surface area contributed by atoms with Crippen molar-refractivity contribution in [1.82, 2.24) is 0 Å². The molecular weight excluding hydrogens is 468 g/mol. The zero-order valence-corrected chi connectivity index (χ0v) is 21.3. The Bertz CT molecular complexity index is 1490. The maximum atomic E-state index is 13.2. The van der Waals surface area contributed by atoms with E-state index >= 15 is 0 Å². The molecule has 0 radical (unpaired) electrons. The number of methoxy groups -OCH3 is 1. The van der Waals surface area contributed by atoms with E-state index in [1.54, 1.807) is 44.4 Å². The molecule has 4 aromatic rings. The number of aryl methyl sites for hydroxylation is 3. The third kappa shape index (κ3) is 4.38. The predicted molar refractivity (Wildman–Crippen MR) is 139 cm³/mol. The normalized spacial score (nSPS) is 11.4. The highest BCUT2D eigenvalue weighted by molar-refractivity contribution is 7.92. The summed E-state index contributed by atoms with van der Waals surface area (Å²) in [4.78, 5) is 13.7. The Morgan fingerprint density at radius 1 is 0.941 bits per heavy atom. The molecule has 0 aliphatic carbocycles. The van der Waals surface area contributed by atoms with Crippen molar-refractivity contribution in [3.05, 3.63) is 82.2 Å². The van der Waals surface area contributed by atoms with Crippen LogP contribution in [0.15, 0.2) is 65.6 Å². The molecule has 1 aromatic heterocycles. The lowest BCUT2D eigenvalue weighted by molar-refractivity contribution is 0.103. The molecule has 0 saturated heterocycles. The van der Waals surface area contributed by atoms with Crippen LogP contribution in [-0.2, 0) is 10.0 Å². The Morgan fingerprint density at radius 3 is 2.29 bits per heavy atom. The van der Waals surface area contributed by atoms with Gasteiger partial charge < -0.3 is 10.1 Å². The predicted octanol–water partition coefficient (Wildman–Crippen LogP) is 5.91. The van der Waals surface area contributed by atoms with Crippen molar-refractivity contribution < 1.29 is 17.9 Å². The van der Waals surface area contributed by atoms with Crippen LogP contribution in [0.3, 0.4) is 0 Å². The van der Waals surface area contributed by atoms with Crippen LogP contribution < -0.4 is 14.4 Å². The van der Waals surface area contributed by atoms with Gasteiger partial charge in [0.15, 0.2) is 0 Å². The summed E-state index contributed by atoms with van der Waals surface area (Å²) < 4.78 is 33.8. The largest absolute Gasteiger partial charge is 0.496 e. The minimum Gasteiger partial charge on any atom is -0.496 e. The maximum Gasteiger partial charge on any atom is 0.265 e. The standard InChI is InChI=1S/C26H26N2O4S2/c1-16-7-6-8-17(2)25(16)27-26(29)24-15-19-14-20(9-12-23(19)33-24)28(4)34(30,31)21-10-11-22(32-5)18(3)13-21/h6-15H,1-5H3,(H,27,29). The molecule has 0 bridgehead atoms. The summed E-state index contributed by atoms with van der Waals surface area (Å²) in [5, 5.41) is 3.82. The van der Waals surface area contributed by atoms with Crippen LogP contribution in [0.2, 0.25) is 0 Å². The molecule has 0 fully saturated rings. The average Bonchev–Trinajstić information content (AvgIpc) is 3.24. The number of anilines is 2. The first kappa shape index (κ1) is 23.8. The van der Waals surface area contributed by atoms with Crippen molar-refractivity contribution in [2.24, 2.45) is 0 Å². The SMILES string of the molecule is COc1ccc(S(=O)(=O)N(C)c2ccc3sc(C(=O)Nc4c(C)cccc4C)cc3c2)cc1C. The van der Waals surface area contributed by atoms with E-state index in [0.29, 0.717) is 16.3 Å². The number of hydrogen-bond acceptors (Lipinski definition) is 5. The van der Waals surface area contributed by atoms with Gasteiger partial charge in [0.2, 0.25) is 0 Å². The number of rotatable bonds is 6. The minimum absolute atomic E-state index is 0.185. The molecule has 1 N–H and O–H groups in total. The molecule has 4 rings (SSSR count). The highest BCUT2D eigenvalue weighted by atomic mass is 32.2. The number of fused-ring (bicyclic) bond motifs is 1. The Balaban J connectivity index is 1.63. The molecule has 176 valence electrons. The molecule has 0 atom stereocenters. The third-order valence-electron chi connectivity index (χ3n) is 5.83. The number of nitrogens with one attached hydrogen (secondary N) is 1. The van der Waals surface area contributed by atoms with Crippen molar-refractivity contribution in [3.63, 3.8) is 0 Å². The Hall–Kier alpha value is -3.36. The second-order valence-electron chi connectivity index (χ2n) is 8.16. The van der Waals surface area contributed by atoms with Crippen LogP contribution in [0.4, 0.5) is 11.4 Å². The number of para-hydroxylation sites is 1. The lowest BCUT2D eigenvalue weighted by atomic mass is 10.1. The van der Waals surface area contributed by atoms with E-state index in [1.807, 2.05) is 38.1 Å². The molecule has 0 spiro atoms.